The standard InChI is InChI=1S/C18H33N5O8/c1-7(2)5-10(19)15(27)21-11(6-12(20)26)16(28)22-13(8(3)24)17(29)23-14(9(4)25)18(30)31/h7-11,13-14,24-25H,5-6,19H2,1-4H3,(H2,20,26)(H,21,27)(H,22,28)(H,23,29)(H,30,31). The average molecular weight is 447 g/mol. The Morgan fingerprint density at radius 2 is 1.29 bits per heavy atom. The van der Waals surface area contributed by atoms with Gasteiger partial charge in [0.1, 0.15) is 12.1 Å². The summed E-state index contributed by atoms with van der Waals surface area (Å²) in [5, 5.41) is 34.9. The third-order valence-electron chi connectivity index (χ3n) is 4.21. The van der Waals surface area contributed by atoms with E-state index in [4.69, 9.17) is 16.6 Å². The molecule has 13 nitrogen and oxygen atoms in total. The van der Waals surface area contributed by atoms with Crippen LogP contribution in [0, 0.1) is 5.92 Å². The van der Waals surface area contributed by atoms with Crippen LogP contribution in [0.5, 0.6) is 0 Å². The molecule has 0 aromatic rings. The summed E-state index contributed by atoms with van der Waals surface area (Å²) >= 11 is 0. The molecule has 178 valence electrons. The van der Waals surface area contributed by atoms with Gasteiger partial charge in [0.25, 0.3) is 0 Å². The zero-order valence-electron chi connectivity index (χ0n) is 18.0. The van der Waals surface area contributed by atoms with Gasteiger partial charge in [-0.3, -0.25) is 19.2 Å². The molecule has 0 aromatic carbocycles. The van der Waals surface area contributed by atoms with Gasteiger partial charge in [0.05, 0.1) is 24.7 Å². The number of rotatable bonds is 13. The maximum Gasteiger partial charge on any atom is 0.328 e. The fraction of sp³-hybridized carbons (Fsp3) is 0.722. The number of aliphatic hydroxyl groups excluding tert-OH is 2. The molecule has 0 aliphatic carbocycles. The van der Waals surface area contributed by atoms with Crippen LogP contribution in [0.15, 0.2) is 0 Å². The van der Waals surface area contributed by atoms with Crippen LogP contribution >= 0.6 is 0 Å². The lowest BCUT2D eigenvalue weighted by atomic mass is 10.0. The second kappa shape index (κ2) is 12.8. The molecule has 13 heteroatoms. The Morgan fingerprint density at radius 1 is 0.806 bits per heavy atom. The van der Waals surface area contributed by atoms with Gasteiger partial charge < -0.3 is 42.7 Å². The Bertz CT molecular complexity index is 667. The minimum absolute atomic E-state index is 0.0866. The molecule has 0 aromatic heterocycles. The predicted molar refractivity (Wildman–Crippen MR) is 108 cm³/mol. The first-order chi connectivity index (χ1) is 14.2. The molecule has 0 fully saturated rings. The van der Waals surface area contributed by atoms with E-state index in [0.29, 0.717) is 6.42 Å². The van der Waals surface area contributed by atoms with Crippen LogP contribution in [0.25, 0.3) is 0 Å². The lowest BCUT2D eigenvalue weighted by Gasteiger charge is -2.26. The SMILES string of the molecule is CC(C)CC(N)C(=O)NC(CC(N)=O)C(=O)NC(C(=O)NC(C(=O)O)C(C)O)C(C)O. The van der Waals surface area contributed by atoms with E-state index in [1.54, 1.807) is 0 Å². The molecule has 0 spiro atoms. The van der Waals surface area contributed by atoms with Crippen molar-refractivity contribution in [3.05, 3.63) is 0 Å². The fourth-order valence-electron chi connectivity index (χ4n) is 2.59. The van der Waals surface area contributed by atoms with Crippen molar-refractivity contribution in [1.29, 1.82) is 0 Å². The number of nitrogens with one attached hydrogen (secondary N) is 3. The van der Waals surface area contributed by atoms with Gasteiger partial charge in [-0.05, 0) is 26.2 Å². The smallest absolute Gasteiger partial charge is 0.328 e. The van der Waals surface area contributed by atoms with Crippen molar-refractivity contribution in [3.8, 4) is 0 Å². The zero-order valence-corrected chi connectivity index (χ0v) is 18.0. The summed E-state index contributed by atoms with van der Waals surface area (Å²) in [6.45, 7) is 5.96. The lowest BCUT2D eigenvalue weighted by molar-refractivity contribution is -0.146. The number of nitrogens with two attached hydrogens (primary N) is 2. The number of aliphatic hydroxyl groups is 2. The Kier molecular flexibility index (Phi) is 11.7. The van der Waals surface area contributed by atoms with Gasteiger partial charge in [0, 0.05) is 0 Å². The topological polar surface area (TPSA) is 234 Å². The molecule has 0 bridgehead atoms. The first kappa shape index (κ1) is 28.2. The molecule has 6 atom stereocenters. The van der Waals surface area contributed by atoms with E-state index in [1.807, 2.05) is 19.2 Å². The molecule has 0 saturated heterocycles. The number of carbonyl (C=O) groups excluding carboxylic acids is 4. The highest BCUT2D eigenvalue weighted by Crippen LogP contribution is 2.05. The first-order valence-electron chi connectivity index (χ1n) is 9.71. The van der Waals surface area contributed by atoms with Crippen molar-refractivity contribution in [2.75, 3.05) is 0 Å². The maximum absolute atomic E-state index is 12.6. The first-order valence-corrected chi connectivity index (χ1v) is 9.71. The molecule has 0 radical (unpaired) electrons. The summed E-state index contributed by atoms with van der Waals surface area (Å²) in [4.78, 5) is 59.7. The van der Waals surface area contributed by atoms with E-state index in [2.05, 4.69) is 10.6 Å². The highest BCUT2D eigenvalue weighted by Gasteiger charge is 2.34. The second-order valence-corrected chi connectivity index (χ2v) is 7.76. The van der Waals surface area contributed by atoms with Crippen LogP contribution in [0.3, 0.4) is 0 Å². The van der Waals surface area contributed by atoms with Gasteiger partial charge in [-0.1, -0.05) is 13.8 Å². The van der Waals surface area contributed by atoms with Gasteiger partial charge in [-0.2, -0.15) is 0 Å². The van der Waals surface area contributed by atoms with Crippen molar-refractivity contribution in [2.45, 2.75) is 76.9 Å². The molecule has 6 unspecified atom stereocenters. The van der Waals surface area contributed by atoms with Crippen LogP contribution in [0.4, 0.5) is 0 Å². The normalized spacial score (nSPS) is 16.9. The van der Waals surface area contributed by atoms with E-state index in [9.17, 15) is 34.2 Å². The maximum atomic E-state index is 12.6. The van der Waals surface area contributed by atoms with Crippen molar-refractivity contribution in [3.63, 3.8) is 0 Å². The van der Waals surface area contributed by atoms with Gasteiger partial charge in [0.15, 0.2) is 6.04 Å². The highest BCUT2D eigenvalue weighted by atomic mass is 16.4. The largest absolute Gasteiger partial charge is 0.480 e. The Labute approximate surface area is 179 Å². The molecule has 0 saturated carbocycles. The molecular formula is C18H33N5O8. The van der Waals surface area contributed by atoms with Gasteiger partial charge in [-0.15, -0.1) is 0 Å². The lowest BCUT2D eigenvalue weighted by Crippen LogP contribution is -2.61. The minimum atomic E-state index is -1.69. The summed E-state index contributed by atoms with van der Waals surface area (Å²) in [6, 6.07) is -5.78. The molecule has 0 aliphatic heterocycles. The molecule has 0 rings (SSSR count). The fourth-order valence-corrected chi connectivity index (χ4v) is 2.59. The monoisotopic (exact) mass is 447 g/mol. The number of carboxylic acid groups (broad SMARTS) is 1. The third kappa shape index (κ3) is 10.2. The van der Waals surface area contributed by atoms with Crippen molar-refractivity contribution >= 4 is 29.6 Å². The number of hydrogen-bond acceptors (Lipinski definition) is 8. The number of carboxylic acids is 1. The van der Waals surface area contributed by atoms with Crippen LogP contribution in [-0.4, -0.2) is 81.3 Å². The molecule has 10 N–H and O–H groups in total. The van der Waals surface area contributed by atoms with Crippen LogP contribution < -0.4 is 27.4 Å². The van der Waals surface area contributed by atoms with Gasteiger partial charge in [-0.25, -0.2) is 4.79 Å². The zero-order chi connectivity index (χ0) is 24.5. The van der Waals surface area contributed by atoms with E-state index in [0.717, 1.165) is 13.8 Å². The van der Waals surface area contributed by atoms with Crippen molar-refractivity contribution < 1.29 is 39.3 Å². The Hall–Kier alpha value is -2.77. The van der Waals surface area contributed by atoms with E-state index < -0.39 is 72.4 Å². The average Bonchev–Trinajstić information content (AvgIpc) is 2.61. The summed E-state index contributed by atoms with van der Waals surface area (Å²) in [5.74, 6) is -5.20. The predicted octanol–water partition coefficient (Wildman–Crippen LogP) is -3.46. The molecule has 31 heavy (non-hydrogen) atoms. The number of primary amides is 1. The van der Waals surface area contributed by atoms with E-state index in [1.165, 1.54) is 0 Å². The van der Waals surface area contributed by atoms with Crippen molar-refractivity contribution in [1.82, 2.24) is 16.0 Å². The number of carbonyl (C=O) groups is 5. The van der Waals surface area contributed by atoms with Crippen molar-refractivity contribution in [2.24, 2.45) is 17.4 Å². The second-order valence-electron chi connectivity index (χ2n) is 7.76. The van der Waals surface area contributed by atoms with Crippen LogP contribution in [0.1, 0.15) is 40.5 Å². The summed E-state index contributed by atoms with van der Waals surface area (Å²) in [5.41, 5.74) is 10.9. The highest BCUT2D eigenvalue weighted by molar-refractivity contribution is 5.96. The number of amides is 4. The molecule has 0 aliphatic rings. The molecular weight excluding hydrogens is 414 g/mol. The van der Waals surface area contributed by atoms with Gasteiger partial charge in [0.2, 0.25) is 23.6 Å². The Balaban J connectivity index is 5.43. The van der Waals surface area contributed by atoms with Crippen LogP contribution in [-0.2, 0) is 24.0 Å². The third-order valence-corrected chi connectivity index (χ3v) is 4.21. The quantitative estimate of drug-likeness (QED) is 0.140. The molecule has 0 heterocycles. The van der Waals surface area contributed by atoms with Crippen LogP contribution in [0.2, 0.25) is 0 Å². The minimum Gasteiger partial charge on any atom is -0.480 e. The number of hydrogen-bond donors (Lipinski definition) is 8. The summed E-state index contributed by atoms with van der Waals surface area (Å²) in [6.07, 6.45) is -3.24. The summed E-state index contributed by atoms with van der Waals surface area (Å²) in [7, 11) is 0. The van der Waals surface area contributed by atoms with E-state index in [-0.39, 0.29) is 5.92 Å². The molecule has 4 amide bonds. The van der Waals surface area contributed by atoms with Gasteiger partial charge >= 0.3 is 5.97 Å². The van der Waals surface area contributed by atoms with E-state index >= 15 is 0 Å². The summed E-state index contributed by atoms with van der Waals surface area (Å²) < 4.78 is 0. The Morgan fingerprint density at radius 3 is 1.68 bits per heavy atom. The number of aliphatic carboxylic acids is 1.